The summed E-state index contributed by atoms with van der Waals surface area (Å²) in [7, 11) is 0. The summed E-state index contributed by atoms with van der Waals surface area (Å²) in [5, 5.41) is 11.8. The molecule has 0 spiro atoms. The van der Waals surface area contributed by atoms with Gasteiger partial charge >= 0.3 is 0 Å². The lowest BCUT2D eigenvalue weighted by Gasteiger charge is -2.02. The van der Waals surface area contributed by atoms with Gasteiger partial charge in [0.2, 0.25) is 5.89 Å². The van der Waals surface area contributed by atoms with E-state index in [4.69, 9.17) is 9.68 Å². The van der Waals surface area contributed by atoms with Gasteiger partial charge in [-0.2, -0.15) is 5.26 Å². The van der Waals surface area contributed by atoms with Gasteiger partial charge in [0.05, 0.1) is 18.3 Å². The summed E-state index contributed by atoms with van der Waals surface area (Å²) in [5.74, 6) is 1.99. The molecule has 0 saturated carbocycles. The fourth-order valence-corrected chi connectivity index (χ4v) is 1.86. The lowest BCUT2D eigenvalue weighted by atomic mass is 10.2. The highest BCUT2D eigenvalue weighted by molar-refractivity contribution is 5.55. The van der Waals surface area contributed by atoms with E-state index >= 15 is 0 Å². The van der Waals surface area contributed by atoms with Crippen molar-refractivity contribution in [2.75, 3.05) is 5.32 Å². The van der Waals surface area contributed by atoms with Gasteiger partial charge in [-0.1, -0.05) is 30.3 Å². The number of pyridine rings is 1. The summed E-state index contributed by atoms with van der Waals surface area (Å²) in [6.07, 6.45) is 3.23. The van der Waals surface area contributed by atoms with Crippen LogP contribution >= 0.6 is 0 Å². The first-order chi connectivity index (χ1) is 10.3. The zero-order chi connectivity index (χ0) is 14.5. The molecule has 0 saturated heterocycles. The number of aromatic nitrogens is 2. The van der Waals surface area contributed by atoms with Gasteiger partial charge < -0.3 is 9.73 Å². The van der Waals surface area contributed by atoms with Crippen LogP contribution in [0, 0.1) is 11.3 Å². The SMILES string of the molecule is N#Cc1ccc(NCc2ncc(-c3ccccc3)o2)nc1. The standard InChI is InChI=1S/C16H12N4O/c17-8-12-6-7-15(18-9-12)19-11-16-20-10-14(21-16)13-4-2-1-3-5-13/h1-7,9-10H,11H2,(H,18,19). The first-order valence-electron chi connectivity index (χ1n) is 6.45. The minimum absolute atomic E-state index is 0.436. The summed E-state index contributed by atoms with van der Waals surface area (Å²) in [6.45, 7) is 0.436. The van der Waals surface area contributed by atoms with E-state index in [9.17, 15) is 0 Å². The Morgan fingerprint density at radius 2 is 1.90 bits per heavy atom. The summed E-state index contributed by atoms with van der Waals surface area (Å²) in [4.78, 5) is 8.36. The van der Waals surface area contributed by atoms with Crippen LogP contribution in [0.2, 0.25) is 0 Å². The lowest BCUT2D eigenvalue weighted by Crippen LogP contribution is -2.01. The molecule has 102 valence electrons. The highest BCUT2D eigenvalue weighted by atomic mass is 16.4. The molecule has 2 heterocycles. The highest BCUT2D eigenvalue weighted by Crippen LogP contribution is 2.20. The molecule has 0 fully saturated rings. The fourth-order valence-electron chi connectivity index (χ4n) is 1.86. The molecule has 3 aromatic rings. The predicted octanol–water partition coefficient (Wildman–Crippen LogP) is 3.22. The van der Waals surface area contributed by atoms with Crippen molar-refractivity contribution >= 4 is 5.82 Å². The van der Waals surface area contributed by atoms with Gasteiger partial charge in [0.1, 0.15) is 11.9 Å². The average Bonchev–Trinajstić information content (AvgIpc) is 3.03. The summed E-state index contributed by atoms with van der Waals surface area (Å²) >= 11 is 0. The molecule has 5 heteroatoms. The first kappa shape index (κ1) is 12.9. The molecule has 0 aliphatic heterocycles. The second-order valence-electron chi connectivity index (χ2n) is 4.38. The molecule has 0 bridgehead atoms. The molecule has 0 unspecified atom stereocenters. The quantitative estimate of drug-likeness (QED) is 0.791. The molecule has 1 N–H and O–H groups in total. The third-order valence-corrected chi connectivity index (χ3v) is 2.93. The van der Waals surface area contributed by atoms with Gasteiger partial charge in [-0.3, -0.25) is 0 Å². The molecular weight excluding hydrogens is 264 g/mol. The average molecular weight is 276 g/mol. The van der Waals surface area contributed by atoms with Crippen LogP contribution in [-0.4, -0.2) is 9.97 Å². The van der Waals surface area contributed by atoms with Crippen LogP contribution in [0.5, 0.6) is 0 Å². The Balaban J connectivity index is 1.66. The van der Waals surface area contributed by atoms with E-state index in [1.54, 1.807) is 18.3 Å². The third-order valence-electron chi connectivity index (χ3n) is 2.93. The highest BCUT2D eigenvalue weighted by Gasteiger charge is 2.06. The number of nitrogens with one attached hydrogen (secondary N) is 1. The molecule has 1 aromatic carbocycles. The Bertz CT molecular complexity index is 757. The van der Waals surface area contributed by atoms with E-state index < -0.39 is 0 Å². The Hall–Kier alpha value is -3.13. The number of benzene rings is 1. The lowest BCUT2D eigenvalue weighted by molar-refractivity contribution is 0.516. The van der Waals surface area contributed by atoms with Gasteiger partial charge in [-0.25, -0.2) is 9.97 Å². The van der Waals surface area contributed by atoms with E-state index in [0.717, 1.165) is 11.3 Å². The van der Waals surface area contributed by atoms with E-state index in [-0.39, 0.29) is 0 Å². The Labute approximate surface area is 121 Å². The fraction of sp³-hybridized carbons (Fsp3) is 0.0625. The summed E-state index contributed by atoms with van der Waals surface area (Å²) < 4.78 is 5.68. The molecule has 0 atom stereocenters. The number of anilines is 1. The Morgan fingerprint density at radius 1 is 1.05 bits per heavy atom. The van der Waals surface area contributed by atoms with Gasteiger partial charge in [-0.15, -0.1) is 0 Å². The number of rotatable bonds is 4. The van der Waals surface area contributed by atoms with Gasteiger partial charge in [0.25, 0.3) is 0 Å². The monoisotopic (exact) mass is 276 g/mol. The predicted molar refractivity (Wildman–Crippen MR) is 78.2 cm³/mol. The van der Waals surface area contributed by atoms with Gasteiger partial charge in [0.15, 0.2) is 5.76 Å². The van der Waals surface area contributed by atoms with Gasteiger partial charge in [-0.05, 0) is 12.1 Å². The molecule has 3 rings (SSSR count). The van der Waals surface area contributed by atoms with Crippen molar-refractivity contribution in [2.45, 2.75) is 6.54 Å². The van der Waals surface area contributed by atoms with E-state index in [2.05, 4.69) is 15.3 Å². The molecule has 21 heavy (non-hydrogen) atoms. The molecule has 0 amide bonds. The topological polar surface area (TPSA) is 74.7 Å². The van der Waals surface area contributed by atoms with Crippen molar-refractivity contribution in [3.05, 3.63) is 66.3 Å². The zero-order valence-electron chi connectivity index (χ0n) is 11.2. The van der Waals surface area contributed by atoms with Crippen LogP contribution in [0.1, 0.15) is 11.5 Å². The minimum Gasteiger partial charge on any atom is -0.439 e. The third kappa shape index (κ3) is 3.07. The van der Waals surface area contributed by atoms with Crippen LogP contribution in [0.15, 0.2) is 59.3 Å². The second kappa shape index (κ2) is 5.88. The maximum absolute atomic E-state index is 8.71. The molecule has 5 nitrogen and oxygen atoms in total. The molecular formula is C16H12N4O. The van der Waals surface area contributed by atoms with Crippen molar-refractivity contribution in [1.29, 1.82) is 5.26 Å². The smallest absolute Gasteiger partial charge is 0.214 e. The normalized spacial score (nSPS) is 10.0. The van der Waals surface area contributed by atoms with Gasteiger partial charge in [0, 0.05) is 11.8 Å². The van der Waals surface area contributed by atoms with Crippen molar-refractivity contribution in [1.82, 2.24) is 9.97 Å². The minimum atomic E-state index is 0.436. The second-order valence-corrected chi connectivity index (χ2v) is 4.38. The van der Waals surface area contributed by atoms with Crippen molar-refractivity contribution < 1.29 is 4.42 Å². The number of oxazole rings is 1. The Morgan fingerprint density at radius 3 is 2.62 bits per heavy atom. The summed E-state index contributed by atoms with van der Waals surface area (Å²) in [6, 6.07) is 15.3. The van der Waals surface area contributed by atoms with Crippen molar-refractivity contribution in [3.63, 3.8) is 0 Å². The van der Waals surface area contributed by atoms with E-state index in [1.807, 2.05) is 36.4 Å². The molecule has 2 aromatic heterocycles. The number of nitrogens with zero attached hydrogens (tertiary/aromatic N) is 3. The Kier molecular flexibility index (Phi) is 3.61. The van der Waals surface area contributed by atoms with Crippen molar-refractivity contribution in [2.24, 2.45) is 0 Å². The number of nitriles is 1. The molecule has 0 radical (unpaired) electrons. The van der Waals surface area contributed by atoms with Crippen LogP contribution < -0.4 is 5.32 Å². The first-order valence-corrected chi connectivity index (χ1v) is 6.45. The number of hydrogen-bond acceptors (Lipinski definition) is 5. The van der Waals surface area contributed by atoms with Crippen LogP contribution in [0.25, 0.3) is 11.3 Å². The van der Waals surface area contributed by atoms with E-state index in [1.165, 1.54) is 6.20 Å². The van der Waals surface area contributed by atoms with Crippen molar-refractivity contribution in [3.8, 4) is 17.4 Å². The number of hydrogen-bond donors (Lipinski definition) is 1. The molecule has 0 aliphatic carbocycles. The van der Waals surface area contributed by atoms with Crippen LogP contribution in [0.3, 0.4) is 0 Å². The summed E-state index contributed by atoms with van der Waals surface area (Å²) in [5.41, 5.74) is 1.52. The van der Waals surface area contributed by atoms with E-state index in [0.29, 0.717) is 23.8 Å². The van der Waals surface area contributed by atoms with Crippen LogP contribution in [0.4, 0.5) is 5.82 Å². The zero-order valence-corrected chi connectivity index (χ0v) is 11.2. The largest absolute Gasteiger partial charge is 0.439 e. The van der Waals surface area contributed by atoms with Crippen LogP contribution in [-0.2, 0) is 6.54 Å². The maximum atomic E-state index is 8.71. The maximum Gasteiger partial charge on any atom is 0.214 e. The molecule has 0 aliphatic rings.